The number of aromatic amines is 2. The Labute approximate surface area is 124 Å². The Kier molecular flexibility index (Phi) is 2.50. The predicted molar refractivity (Wildman–Crippen MR) is 80.7 cm³/mol. The first-order valence-electron chi connectivity index (χ1n) is 6.66. The van der Waals surface area contributed by atoms with Crippen molar-refractivity contribution in [2.45, 2.75) is 6.92 Å². The molecule has 0 aliphatic rings. The Hall–Kier alpha value is -3.22. The summed E-state index contributed by atoms with van der Waals surface area (Å²) in [5.74, 6) is -1.04. The van der Waals surface area contributed by atoms with Gasteiger partial charge in [0, 0.05) is 11.6 Å². The number of H-pyrrole nitrogens is 2. The van der Waals surface area contributed by atoms with E-state index in [0.29, 0.717) is 22.6 Å². The normalized spacial score (nSPS) is 11.3. The third-order valence-corrected chi connectivity index (χ3v) is 3.66. The van der Waals surface area contributed by atoms with E-state index in [1.165, 1.54) is 6.20 Å². The smallest absolute Gasteiger partial charge is 0.339 e. The maximum Gasteiger partial charge on any atom is 0.339 e. The van der Waals surface area contributed by atoms with E-state index < -0.39 is 5.97 Å². The fourth-order valence-electron chi connectivity index (χ4n) is 2.55. The molecule has 0 bridgehead atoms. The zero-order valence-corrected chi connectivity index (χ0v) is 11.6. The van der Waals surface area contributed by atoms with E-state index in [9.17, 15) is 9.90 Å². The summed E-state index contributed by atoms with van der Waals surface area (Å²) in [6.07, 6.45) is 2.98. The van der Waals surface area contributed by atoms with Crippen LogP contribution in [0.4, 0.5) is 0 Å². The second-order valence-corrected chi connectivity index (χ2v) is 5.03. The third-order valence-electron chi connectivity index (χ3n) is 3.66. The van der Waals surface area contributed by atoms with Crippen LogP contribution in [0, 0.1) is 6.92 Å². The van der Waals surface area contributed by atoms with Crippen molar-refractivity contribution in [1.29, 1.82) is 0 Å². The molecule has 3 heterocycles. The highest BCUT2D eigenvalue weighted by molar-refractivity contribution is 6.01. The molecule has 22 heavy (non-hydrogen) atoms. The molecule has 108 valence electrons. The van der Waals surface area contributed by atoms with Crippen LogP contribution in [-0.2, 0) is 0 Å². The summed E-state index contributed by atoms with van der Waals surface area (Å²) in [6, 6.07) is 5.89. The molecular formula is C15H11N5O2. The van der Waals surface area contributed by atoms with E-state index in [4.69, 9.17) is 0 Å². The standard InChI is InChI=1S/C15H11N5O2/c1-7-3-2-4-8-11(7)19-20-12(8)10-6-17-14-13(18-10)9(5-16-14)15(21)22/h2-6H,1H3,(H,16,17)(H,19,20)(H,21,22). The van der Waals surface area contributed by atoms with Crippen molar-refractivity contribution in [2.24, 2.45) is 0 Å². The van der Waals surface area contributed by atoms with Crippen molar-refractivity contribution in [3.63, 3.8) is 0 Å². The van der Waals surface area contributed by atoms with E-state index in [-0.39, 0.29) is 5.56 Å². The van der Waals surface area contributed by atoms with Crippen LogP contribution >= 0.6 is 0 Å². The number of benzene rings is 1. The van der Waals surface area contributed by atoms with Gasteiger partial charge in [0.15, 0.2) is 5.65 Å². The largest absolute Gasteiger partial charge is 0.478 e. The van der Waals surface area contributed by atoms with E-state index >= 15 is 0 Å². The van der Waals surface area contributed by atoms with Crippen molar-refractivity contribution < 1.29 is 9.90 Å². The lowest BCUT2D eigenvalue weighted by Crippen LogP contribution is -1.96. The number of aromatic carboxylic acids is 1. The zero-order valence-electron chi connectivity index (χ0n) is 11.6. The number of carbonyl (C=O) groups is 1. The second-order valence-electron chi connectivity index (χ2n) is 5.03. The molecular weight excluding hydrogens is 282 g/mol. The van der Waals surface area contributed by atoms with Crippen molar-refractivity contribution in [3.05, 3.63) is 41.7 Å². The van der Waals surface area contributed by atoms with Crippen molar-refractivity contribution >= 4 is 28.0 Å². The zero-order chi connectivity index (χ0) is 15.3. The Morgan fingerprint density at radius 2 is 2.18 bits per heavy atom. The van der Waals surface area contributed by atoms with Crippen LogP contribution in [0.15, 0.2) is 30.6 Å². The van der Waals surface area contributed by atoms with Gasteiger partial charge in [-0.2, -0.15) is 5.10 Å². The van der Waals surface area contributed by atoms with Gasteiger partial charge in [-0.15, -0.1) is 0 Å². The average molecular weight is 293 g/mol. The van der Waals surface area contributed by atoms with Crippen LogP contribution < -0.4 is 0 Å². The minimum atomic E-state index is -1.04. The quantitative estimate of drug-likeness (QED) is 0.526. The lowest BCUT2D eigenvalue weighted by molar-refractivity contribution is 0.0699. The number of aromatic nitrogens is 5. The monoisotopic (exact) mass is 293 g/mol. The van der Waals surface area contributed by atoms with Gasteiger partial charge >= 0.3 is 5.97 Å². The van der Waals surface area contributed by atoms with E-state index in [1.807, 2.05) is 25.1 Å². The molecule has 4 rings (SSSR count). The summed E-state index contributed by atoms with van der Waals surface area (Å²) in [5, 5.41) is 17.4. The maximum atomic E-state index is 11.2. The van der Waals surface area contributed by atoms with Gasteiger partial charge in [-0.05, 0) is 12.5 Å². The van der Waals surface area contributed by atoms with Gasteiger partial charge in [0.25, 0.3) is 0 Å². The van der Waals surface area contributed by atoms with E-state index in [1.54, 1.807) is 6.20 Å². The molecule has 0 unspecified atom stereocenters. The van der Waals surface area contributed by atoms with Crippen LogP contribution in [0.25, 0.3) is 33.5 Å². The number of fused-ring (bicyclic) bond motifs is 2. The average Bonchev–Trinajstić information content (AvgIpc) is 3.11. The van der Waals surface area contributed by atoms with E-state index in [2.05, 4.69) is 25.1 Å². The lowest BCUT2D eigenvalue weighted by Gasteiger charge is -1.99. The number of hydrogen-bond donors (Lipinski definition) is 3. The van der Waals surface area contributed by atoms with E-state index in [0.717, 1.165) is 16.5 Å². The fourth-order valence-corrected chi connectivity index (χ4v) is 2.55. The van der Waals surface area contributed by atoms with Crippen molar-refractivity contribution in [2.75, 3.05) is 0 Å². The summed E-state index contributed by atoms with van der Waals surface area (Å²) >= 11 is 0. The first kappa shape index (κ1) is 12.5. The second kappa shape index (κ2) is 4.39. The Bertz CT molecular complexity index is 1030. The summed E-state index contributed by atoms with van der Waals surface area (Å²) in [6.45, 7) is 1.99. The molecule has 0 radical (unpaired) electrons. The van der Waals surface area contributed by atoms with Gasteiger partial charge in [-0.3, -0.25) is 5.10 Å². The number of hydrogen-bond acceptors (Lipinski definition) is 4. The third kappa shape index (κ3) is 1.69. The molecule has 0 atom stereocenters. The highest BCUT2D eigenvalue weighted by Crippen LogP contribution is 2.27. The Morgan fingerprint density at radius 1 is 1.32 bits per heavy atom. The number of nitrogens with one attached hydrogen (secondary N) is 2. The van der Waals surface area contributed by atoms with Gasteiger partial charge in [-0.1, -0.05) is 18.2 Å². The highest BCUT2D eigenvalue weighted by atomic mass is 16.4. The summed E-state index contributed by atoms with van der Waals surface area (Å²) in [5.41, 5.74) is 4.08. The minimum Gasteiger partial charge on any atom is -0.478 e. The maximum absolute atomic E-state index is 11.2. The number of carboxylic acid groups (broad SMARTS) is 1. The van der Waals surface area contributed by atoms with Gasteiger partial charge in [0.05, 0.1) is 11.7 Å². The molecule has 0 saturated heterocycles. The van der Waals surface area contributed by atoms with Crippen molar-refractivity contribution in [1.82, 2.24) is 25.1 Å². The molecule has 0 saturated carbocycles. The number of nitrogens with zero attached hydrogens (tertiary/aromatic N) is 3. The SMILES string of the molecule is Cc1cccc2c(-c3cnc4[nH]cc(C(=O)O)c4n3)n[nH]c12. The van der Waals surface area contributed by atoms with Gasteiger partial charge < -0.3 is 10.1 Å². The van der Waals surface area contributed by atoms with Crippen LogP contribution in [0.5, 0.6) is 0 Å². The Morgan fingerprint density at radius 3 is 3.00 bits per heavy atom. The number of carboxylic acids is 1. The fraction of sp³-hybridized carbons (Fsp3) is 0.0667. The lowest BCUT2D eigenvalue weighted by atomic mass is 10.1. The van der Waals surface area contributed by atoms with Crippen LogP contribution in [0.1, 0.15) is 15.9 Å². The number of para-hydroxylation sites is 1. The molecule has 0 amide bonds. The minimum absolute atomic E-state index is 0.0976. The summed E-state index contributed by atoms with van der Waals surface area (Å²) in [7, 11) is 0. The predicted octanol–water partition coefficient (Wildman–Crippen LogP) is 2.51. The first-order chi connectivity index (χ1) is 10.6. The van der Waals surface area contributed by atoms with Crippen LogP contribution in [0.2, 0.25) is 0 Å². The molecule has 1 aromatic carbocycles. The molecule has 0 aliphatic heterocycles. The van der Waals surface area contributed by atoms with Crippen LogP contribution in [-0.4, -0.2) is 36.2 Å². The number of rotatable bonds is 2. The van der Waals surface area contributed by atoms with Gasteiger partial charge in [0.1, 0.15) is 22.5 Å². The molecule has 0 fully saturated rings. The molecule has 3 aromatic heterocycles. The Balaban J connectivity index is 1.98. The highest BCUT2D eigenvalue weighted by Gasteiger charge is 2.16. The molecule has 0 spiro atoms. The number of aryl methyl sites for hydroxylation is 1. The van der Waals surface area contributed by atoms with Crippen LogP contribution in [0.3, 0.4) is 0 Å². The first-order valence-corrected chi connectivity index (χ1v) is 6.66. The molecule has 0 aliphatic carbocycles. The van der Waals surface area contributed by atoms with Crippen molar-refractivity contribution in [3.8, 4) is 11.4 Å². The summed E-state index contributed by atoms with van der Waals surface area (Å²) in [4.78, 5) is 22.7. The molecule has 7 nitrogen and oxygen atoms in total. The van der Waals surface area contributed by atoms with Gasteiger partial charge in [-0.25, -0.2) is 14.8 Å². The van der Waals surface area contributed by atoms with Gasteiger partial charge in [0.2, 0.25) is 0 Å². The summed E-state index contributed by atoms with van der Waals surface area (Å²) < 4.78 is 0. The molecule has 3 N–H and O–H groups in total. The topological polar surface area (TPSA) is 108 Å². The molecule has 4 aromatic rings. The molecule has 7 heteroatoms.